The molecule has 0 aliphatic carbocycles. The van der Waals surface area contributed by atoms with Crippen LogP contribution in [-0.2, 0) is 49.6 Å². The average Bonchev–Trinajstić information content (AvgIpc) is 3.13. The van der Waals surface area contributed by atoms with Gasteiger partial charge >= 0.3 is 0 Å². The maximum absolute atomic E-state index is 13.9. The second-order valence-electron chi connectivity index (χ2n) is 13.2. The quantitative estimate of drug-likeness (QED) is 0.0610. The van der Waals surface area contributed by atoms with Gasteiger partial charge in [0.15, 0.2) is 5.96 Å². The molecular formula is C35H54N12O9. The zero-order valence-electron chi connectivity index (χ0n) is 31.8. The van der Waals surface area contributed by atoms with Gasteiger partial charge in [-0.3, -0.25) is 48.1 Å². The van der Waals surface area contributed by atoms with Crippen molar-refractivity contribution in [2.45, 2.75) is 102 Å². The van der Waals surface area contributed by atoms with Crippen LogP contribution in [0.3, 0.4) is 0 Å². The molecule has 0 bridgehead atoms. The van der Waals surface area contributed by atoms with E-state index >= 15 is 0 Å². The number of rotatable bonds is 10. The molecule has 9 amide bonds. The second-order valence-corrected chi connectivity index (χ2v) is 13.2. The summed E-state index contributed by atoms with van der Waals surface area (Å²) in [6.07, 6.45) is -0.0592. The van der Waals surface area contributed by atoms with Crippen LogP contribution in [-0.4, -0.2) is 115 Å². The van der Waals surface area contributed by atoms with Crippen LogP contribution in [0.1, 0.15) is 64.9 Å². The van der Waals surface area contributed by atoms with E-state index in [9.17, 15) is 43.2 Å². The summed E-state index contributed by atoms with van der Waals surface area (Å²) in [6, 6.07) is 1.20. The van der Waals surface area contributed by atoms with Crippen LogP contribution in [0.25, 0.3) is 0 Å². The van der Waals surface area contributed by atoms with Crippen molar-refractivity contribution in [2.75, 3.05) is 19.6 Å². The Morgan fingerprint density at radius 3 is 2.02 bits per heavy atom. The largest absolute Gasteiger partial charge is 0.370 e. The molecule has 0 saturated carbocycles. The summed E-state index contributed by atoms with van der Waals surface area (Å²) >= 11 is 0. The zero-order chi connectivity index (χ0) is 41.8. The maximum atomic E-state index is 13.9. The van der Waals surface area contributed by atoms with E-state index < -0.39 is 96.0 Å². The topological polar surface area (TPSA) is 340 Å². The average molecular weight is 787 g/mol. The maximum Gasteiger partial charge on any atom is 0.243 e. The van der Waals surface area contributed by atoms with Crippen LogP contribution in [0.15, 0.2) is 35.3 Å². The number of nitrogens with zero attached hydrogens (tertiary/aromatic N) is 1. The van der Waals surface area contributed by atoms with E-state index in [-0.39, 0.29) is 64.0 Å². The lowest BCUT2D eigenvalue weighted by atomic mass is 10.0. The van der Waals surface area contributed by atoms with Crippen LogP contribution in [0.4, 0.5) is 0 Å². The number of nitrogens with two attached hydrogens (primary N) is 3. The van der Waals surface area contributed by atoms with Gasteiger partial charge in [-0.1, -0.05) is 30.3 Å². The number of aliphatic imine (C=N–C) groups is 1. The Kier molecular flexibility index (Phi) is 19.2. The minimum absolute atomic E-state index is 0.00474. The lowest BCUT2D eigenvalue weighted by Crippen LogP contribution is -2.59. The van der Waals surface area contributed by atoms with Gasteiger partial charge in [-0.25, -0.2) is 0 Å². The molecule has 2 rings (SSSR count). The Balaban J connectivity index is 2.47. The number of carbonyl (C=O) groups is 9. The molecule has 6 atom stereocenters. The van der Waals surface area contributed by atoms with Gasteiger partial charge in [-0.05, 0) is 51.5 Å². The van der Waals surface area contributed by atoms with Crippen molar-refractivity contribution in [2.24, 2.45) is 22.2 Å². The first-order chi connectivity index (χ1) is 26.5. The third kappa shape index (κ3) is 17.2. The number of hydrogen-bond donors (Lipinski definition) is 11. The van der Waals surface area contributed by atoms with E-state index in [1.807, 2.05) is 0 Å². The van der Waals surface area contributed by atoms with Crippen molar-refractivity contribution < 1.29 is 43.2 Å². The summed E-state index contributed by atoms with van der Waals surface area (Å²) in [5, 5.41) is 20.2. The number of hydrogen-bond acceptors (Lipinski definition) is 10. The predicted molar refractivity (Wildman–Crippen MR) is 202 cm³/mol. The molecule has 56 heavy (non-hydrogen) atoms. The Morgan fingerprint density at radius 1 is 0.786 bits per heavy atom. The van der Waals surface area contributed by atoms with Gasteiger partial charge in [-0.2, -0.15) is 0 Å². The van der Waals surface area contributed by atoms with Crippen molar-refractivity contribution in [1.82, 2.24) is 42.5 Å². The molecule has 1 saturated heterocycles. The Labute approximate surface area is 324 Å². The Hall–Kier alpha value is -6.28. The summed E-state index contributed by atoms with van der Waals surface area (Å²) in [6.45, 7) is 3.65. The van der Waals surface area contributed by atoms with E-state index in [2.05, 4.69) is 47.5 Å². The molecule has 21 nitrogen and oxygen atoms in total. The van der Waals surface area contributed by atoms with E-state index in [0.717, 1.165) is 0 Å². The molecule has 1 heterocycles. The third-order valence-electron chi connectivity index (χ3n) is 8.46. The smallest absolute Gasteiger partial charge is 0.243 e. The lowest BCUT2D eigenvalue weighted by Gasteiger charge is -2.26. The summed E-state index contributed by atoms with van der Waals surface area (Å²) in [7, 11) is 0. The molecule has 1 aliphatic rings. The first-order valence-corrected chi connectivity index (χ1v) is 18.2. The normalized spacial score (nSPS) is 23.7. The van der Waals surface area contributed by atoms with Crippen LogP contribution in [0, 0.1) is 0 Å². The third-order valence-corrected chi connectivity index (χ3v) is 8.46. The minimum atomic E-state index is -1.28. The van der Waals surface area contributed by atoms with Crippen LogP contribution in [0.5, 0.6) is 0 Å². The molecule has 308 valence electrons. The Morgan fingerprint density at radius 2 is 1.39 bits per heavy atom. The van der Waals surface area contributed by atoms with Crippen molar-refractivity contribution >= 4 is 59.1 Å². The van der Waals surface area contributed by atoms with Crippen LogP contribution < -0.4 is 59.7 Å². The summed E-state index contributed by atoms with van der Waals surface area (Å²) in [5.74, 6) is -6.66. The lowest BCUT2D eigenvalue weighted by molar-refractivity contribution is -0.135. The van der Waals surface area contributed by atoms with Crippen molar-refractivity contribution in [1.29, 1.82) is 0 Å². The molecule has 1 aromatic rings. The minimum Gasteiger partial charge on any atom is -0.370 e. The van der Waals surface area contributed by atoms with E-state index in [1.165, 1.54) is 20.8 Å². The van der Waals surface area contributed by atoms with Gasteiger partial charge in [0.1, 0.15) is 36.3 Å². The fraction of sp³-hybridized carbons (Fsp3) is 0.543. The molecule has 21 heteroatoms. The fourth-order valence-electron chi connectivity index (χ4n) is 5.36. The number of nitrogens with one attached hydrogen (secondary N) is 8. The van der Waals surface area contributed by atoms with E-state index in [1.54, 1.807) is 30.3 Å². The first-order valence-electron chi connectivity index (χ1n) is 18.2. The van der Waals surface area contributed by atoms with E-state index in [4.69, 9.17) is 17.2 Å². The highest BCUT2D eigenvalue weighted by atomic mass is 16.2. The number of carbonyl (C=O) groups excluding carboxylic acids is 9. The molecule has 3 unspecified atom stereocenters. The number of primary amides is 1. The van der Waals surface area contributed by atoms with Gasteiger partial charge in [0.2, 0.25) is 53.2 Å². The summed E-state index contributed by atoms with van der Waals surface area (Å²) in [4.78, 5) is 120. The number of benzene rings is 1. The molecule has 0 aromatic heterocycles. The Bertz CT molecular complexity index is 1600. The predicted octanol–water partition coefficient (Wildman–Crippen LogP) is -4.46. The molecule has 14 N–H and O–H groups in total. The fourth-order valence-corrected chi connectivity index (χ4v) is 5.36. The van der Waals surface area contributed by atoms with Crippen LogP contribution in [0.2, 0.25) is 0 Å². The highest BCUT2D eigenvalue weighted by Gasteiger charge is 2.32. The molecule has 1 aliphatic heterocycles. The monoisotopic (exact) mass is 786 g/mol. The zero-order valence-corrected chi connectivity index (χ0v) is 31.8. The first kappa shape index (κ1) is 45.9. The van der Waals surface area contributed by atoms with Gasteiger partial charge in [0, 0.05) is 32.9 Å². The molecule has 1 aromatic carbocycles. The number of guanidine groups is 1. The van der Waals surface area contributed by atoms with Gasteiger partial charge in [0.25, 0.3) is 0 Å². The standard InChI is InChI=1S/C35H54N12O9/c1-19-30(52)45-23(29(36)51)13-14-27(49)39-15-7-11-24(44-28(50)18-41-21(3)48)32(54)42-20(2)31(53)47-26(17-22-9-5-4-6-10-22)34(56)46-25(33(55)43-19)12-8-16-40-35(37)38/h4-6,9-10,19-20,23-26H,7-8,11-18H2,1-3H3,(H2,36,51)(H,39,49)(H,41,48)(H,42,54)(H,43,55)(H,44,50)(H,45,52)(H,46,56)(H,47,53)(H4,37,38,40)/t19-,20-,23?,24?,25-,26?/m0/s1. The molecular weight excluding hydrogens is 732 g/mol. The highest BCUT2D eigenvalue weighted by Crippen LogP contribution is 2.08. The van der Waals surface area contributed by atoms with Gasteiger partial charge in [-0.15, -0.1) is 0 Å². The van der Waals surface area contributed by atoms with E-state index in [0.29, 0.717) is 5.56 Å². The summed E-state index contributed by atoms with van der Waals surface area (Å²) in [5.41, 5.74) is 17.0. The van der Waals surface area contributed by atoms with Crippen molar-refractivity contribution in [3.63, 3.8) is 0 Å². The summed E-state index contributed by atoms with van der Waals surface area (Å²) < 4.78 is 0. The van der Waals surface area contributed by atoms with Gasteiger partial charge in [0.05, 0.1) is 6.54 Å². The number of amides is 9. The molecule has 0 radical (unpaired) electrons. The second kappa shape index (κ2) is 23.5. The van der Waals surface area contributed by atoms with Crippen LogP contribution >= 0.6 is 0 Å². The van der Waals surface area contributed by atoms with Gasteiger partial charge < -0.3 is 59.7 Å². The molecule has 1 fully saturated rings. The highest BCUT2D eigenvalue weighted by molar-refractivity contribution is 5.97. The van der Waals surface area contributed by atoms with Crippen molar-refractivity contribution in [3.05, 3.63) is 35.9 Å². The SMILES string of the molecule is CC(=O)NCC(=O)NC1CCCNC(=O)CCC(C(N)=O)NC(=O)[C@H](C)NC(=O)[C@H](CCCN=C(N)N)NC(=O)C(Cc2ccccc2)NC(=O)[C@H](C)NC1=O. The molecule has 0 spiro atoms. The van der Waals surface area contributed by atoms with Crippen molar-refractivity contribution in [3.8, 4) is 0 Å².